The number of benzene rings is 1. The molecule has 0 spiro atoms. The van der Waals surface area contributed by atoms with Crippen LogP contribution in [0.25, 0.3) is 11.4 Å². The van der Waals surface area contributed by atoms with Crippen LogP contribution in [0.2, 0.25) is 0 Å². The van der Waals surface area contributed by atoms with Crippen molar-refractivity contribution >= 4 is 21.4 Å². The highest BCUT2D eigenvalue weighted by Crippen LogP contribution is 2.20. The number of hydrogen-bond donors (Lipinski definition) is 1. The first-order valence-corrected chi connectivity index (χ1v) is 9.44. The standard InChI is InChI=1S/C16H15N3O3S2/c1-22-12-5-7-13(8-6-12)24(20,21)18-10-16-19-15(11-23-16)14-4-2-3-9-17-14/h2-9,11,18H,10H2,1H3. The van der Waals surface area contributed by atoms with Gasteiger partial charge in [-0.15, -0.1) is 11.3 Å². The number of sulfonamides is 1. The van der Waals surface area contributed by atoms with E-state index in [1.165, 1.54) is 30.6 Å². The number of ether oxygens (including phenoxy) is 1. The maximum absolute atomic E-state index is 12.3. The van der Waals surface area contributed by atoms with Crippen LogP contribution in [0.4, 0.5) is 0 Å². The molecule has 6 nitrogen and oxygen atoms in total. The van der Waals surface area contributed by atoms with Crippen molar-refractivity contribution in [3.05, 3.63) is 59.0 Å². The molecule has 24 heavy (non-hydrogen) atoms. The van der Waals surface area contributed by atoms with Gasteiger partial charge in [-0.1, -0.05) is 6.07 Å². The Bertz CT molecular complexity index is 907. The summed E-state index contributed by atoms with van der Waals surface area (Å²) in [6.07, 6.45) is 1.70. The quantitative estimate of drug-likeness (QED) is 0.730. The van der Waals surface area contributed by atoms with Gasteiger partial charge in [0, 0.05) is 11.6 Å². The second-order valence-corrected chi connectivity index (χ2v) is 7.55. The smallest absolute Gasteiger partial charge is 0.240 e. The lowest BCUT2D eigenvalue weighted by molar-refractivity contribution is 0.414. The molecule has 3 aromatic rings. The van der Waals surface area contributed by atoms with Crippen LogP contribution in [-0.2, 0) is 16.6 Å². The molecular weight excluding hydrogens is 346 g/mol. The van der Waals surface area contributed by atoms with Crippen LogP contribution < -0.4 is 9.46 Å². The first-order valence-electron chi connectivity index (χ1n) is 7.08. The normalized spacial score (nSPS) is 11.4. The second kappa shape index (κ2) is 7.08. The van der Waals surface area contributed by atoms with Gasteiger partial charge in [-0.05, 0) is 36.4 Å². The van der Waals surface area contributed by atoms with Crippen molar-refractivity contribution in [3.8, 4) is 17.1 Å². The highest BCUT2D eigenvalue weighted by molar-refractivity contribution is 7.89. The number of nitrogens with zero attached hydrogens (tertiary/aromatic N) is 2. The molecule has 0 saturated heterocycles. The van der Waals surface area contributed by atoms with E-state index in [0.717, 1.165) is 11.4 Å². The van der Waals surface area contributed by atoms with Crippen molar-refractivity contribution in [1.29, 1.82) is 0 Å². The van der Waals surface area contributed by atoms with Crippen LogP contribution in [0, 0.1) is 0 Å². The maximum Gasteiger partial charge on any atom is 0.240 e. The molecule has 2 aromatic heterocycles. The second-order valence-electron chi connectivity index (χ2n) is 4.84. The van der Waals surface area contributed by atoms with Gasteiger partial charge in [-0.3, -0.25) is 4.98 Å². The van der Waals surface area contributed by atoms with E-state index in [0.29, 0.717) is 10.8 Å². The maximum atomic E-state index is 12.3. The zero-order chi connectivity index (χ0) is 17.0. The Morgan fingerprint density at radius 1 is 1.12 bits per heavy atom. The Hall–Kier alpha value is -2.29. The fraction of sp³-hybridized carbons (Fsp3) is 0.125. The molecule has 0 aliphatic heterocycles. The Morgan fingerprint density at radius 3 is 2.58 bits per heavy atom. The van der Waals surface area contributed by atoms with Crippen LogP contribution >= 0.6 is 11.3 Å². The summed E-state index contributed by atoms with van der Waals surface area (Å²) >= 11 is 1.39. The first-order chi connectivity index (χ1) is 11.6. The van der Waals surface area contributed by atoms with Crippen LogP contribution in [0.5, 0.6) is 5.75 Å². The van der Waals surface area contributed by atoms with Crippen molar-refractivity contribution in [2.75, 3.05) is 7.11 Å². The van der Waals surface area contributed by atoms with Gasteiger partial charge in [0.25, 0.3) is 0 Å². The van der Waals surface area contributed by atoms with Gasteiger partial charge in [0.1, 0.15) is 10.8 Å². The molecule has 0 aliphatic rings. The van der Waals surface area contributed by atoms with E-state index in [9.17, 15) is 8.42 Å². The predicted molar refractivity (Wildman–Crippen MR) is 92.4 cm³/mol. The lowest BCUT2D eigenvalue weighted by Crippen LogP contribution is -2.23. The van der Waals surface area contributed by atoms with Gasteiger partial charge < -0.3 is 4.74 Å². The molecule has 0 unspecified atom stereocenters. The van der Waals surface area contributed by atoms with Crippen molar-refractivity contribution < 1.29 is 13.2 Å². The molecule has 0 radical (unpaired) electrons. The lowest BCUT2D eigenvalue weighted by atomic mass is 10.3. The summed E-state index contributed by atoms with van der Waals surface area (Å²) < 4.78 is 32.2. The SMILES string of the molecule is COc1ccc(S(=O)(=O)NCc2nc(-c3ccccn3)cs2)cc1. The van der Waals surface area contributed by atoms with Gasteiger partial charge in [0.15, 0.2) is 0 Å². The van der Waals surface area contributed by atoms with Crippen molar-refractivity contribution in [3.63, 3.8) is 0 Å². The summed E-state index contributed by atoms with van der Waals surface area (Å²) in [5.74, 6) is 0.605. The largest absolute Gasteiger partial charge is 0.497 e. The van der Waals surface area contributed by atoms with E-state index in [1.54, 1.807) is 18.3 Å². The Labute approximate surface area is 144 Å². The molecule has 0 amide bonds. The zero-order valence-corrected chi connectivity index (χ0v) is 14.5. The number of thiazole rings is 1. The molecule has 8 heteroatoms. The third kappa shape index (κ3) is 3.78. The molecule has 2 heterocycles. The van der Waals surface area contributed by atoms with Gasteiger partial charge in [0.05, 0.1) is 29.9 Å². The minimum absolute atomic E-state index is 0.131. The highest BCUT2D eigenvalue weighted by Gasteiger charge is 2.15. The molecule has 0 atom stereocenters. The topological polar surface area (TPSA) is 81.2 Å². The molecular formula is C16H15N3O3S2. The summed E-state index contributed by atoms with van der Waals surface area (Å²) in [5, 5.41) is 2.53. The first kappa shape index (κ1) is 16.6. The van der Waals surface area contributed by atoms with E-state index in [-0.39, 0.29) is 11.4 Å². The van der Waals surface area contributed by atoms with Crippen LogP contribution in [0.15, 0.2) is 58.9 Å². The Morgan fingerprint density at radius 2 is 1.92 bits per heavy atom. The van der Waals surface area contributed by atoms with Gasteiger partial charge in [-0.25, -0.2) is 18.1 Å². The van der Waals surface area contributed by atoms with Gasteiger partial charge in [-0.2, -0.15) is 0 Å². The minimum atomic E-state index is -3.59. The van der Waals surface area contributed by atoms with E-state index < -0.39 is 10.0 Å². The third-order valence-corrected chi connectivity index (χ3v) is 5.53. The molecule has 0 fully saturated rings. The molecule has 3 rings (SSSR count). The molecule has 0 aliphatic carbocycles. The van der Waals surface area contributed by atoms with Crippen molar-refractivity contribution in [2.45, 2.75) is 11.4 Å². The Kier molecular flexibility index (Phi) is 4.89. The molecule has 0 saturated carbocycles. The molecule has 1 aromatic carbocycles. The van der Waals surface area contributed by atoms with Crippen molar-refractivity contribution in [2.24, 2.45) is 0 Å². The molecule has 1 N–H and O–H groups in total. The summed E-state index contributed by atoms with van der Waals surface area (Å²) in [4.78, 5) is 8.83. The number of nitrogens with one attached hydrogen (secondary N) is 1. The molecule has 0 bridgehead atoms. The van der Waals surface area contributed by atoms with Crippen molar-refractivity contribution in [1.82, 2.24) is 14.7 Å². The van der Waals surface area contributed by atoms with Crippen LogP contribution in [0.3, 0.4) is 0 Å². The third-order valence-electron chi connectivity index (χ3n) is 3.26. The summed E-state index contributed by atoms with van der Waals surface area (Å²) in [7, 11) is -2.06. The number of rotatable bonds is 6. The molecule has 124 valence electrons. The van der Waals surface area contributed by atoms with Crippen LogP contribution in [-0.4, -0.2) is 25.5 Å². The van der Waals surface area contributed by atoms with Gasteiger partial charge >= 0.3 is 0 Å². The summed E-state index contributed by atoms with van der Waals surface area (Å²) in [5.41, 5.74) is 1.50. The fourth-order valence-electron chi connectivity index (χ4n) is 2.02. The van der Waals surface area contributed by atoms with E-state index in [4.69, 9.17) is 4.74 Å². The van der Waals surface area contributed by atoms with E-state index in [2.05, 4.69) is 14.7 Å². The van der Waals surface area contributed by atoms with E-state index in [1.807, 2.05) is 23.6 Å². The van der Waals surface area contributed by atoms with Gasteiger partial charge in [0.2, 0.25) is 10.0 Å². The monoisotopic (exact) mass is 361 g/mol. The summed E-state index contributed by atoms with van der Waals surface area (Å²) in [6.45, 7) is 0.131. The zero-order valence-electron chi connectivity index (χ0n) is 12.8. The number of hydrogen-bond acceptors (Lipinski definition) is 6. The summed E-state index contributed by atoms with van der Waals surface area (Å²) in [6, 6.07) is 11.8. The number of methoxy groups -OCH3 is 1. The average Bonchev–Trinajstić information content (AvgIpc) is 3.10. The van der Waals surface area contributed by atoms with E-state index >= 15 is 0 Å². The lowest BCUT2D eigenvalue weighted by Gasteiger charge is -2.06. The fourth-order valence-corrected chi connectivity index (χ4v) is 3.83. The average molecular weight is 361 g/mol. The minimum Gasteiger partial charge on any atom is -0.497 e. The highest BCUT2D eigenvalue weighted by atomic mass is 32.2. The van der Waals surface area contributed by atoms with Crippen LogP contribution in [0.1, 0.15) is 5.01 Å². The number of pyridine rings is 1. The Balaban J connectivity index is 1.69. The predicted octanol–water partition coefficient (Wildman–Crippen LogP) is 2.69. The number of aromatic nitrogens is 2.